The van der Waals surface area contributed by atoms with Crippen LogP contribution in [0.1, 0.15) is 111 Å². The zero-order valence-electron chi connectivity index (χ0n) is 17.0. The van der Waals surface area contributed by atoms with Gasteiger partial charge in [-0.1, -0.05) is 71.6 Å². The predicted octanol–water partition coefficient (Wildman–Crippen LogP) is 5.96. The Morgan fingerprint density at radius 3 is 1.36 bits per heavy atom. The van der Waals surface area contributed by atoms with Gasteiger partial charge in [0.05, 0.1) is 0 Å². The molecule has 0 aromatic rings. The van der Waals surface area contributed by atoms with E-state index in [9.17, 15) is 9.59 Å². The van der Waals surface area contributed by atoms with Crippen molar-refractivity contribution in [3.63, 3.8) is 0 Å². The number of unbranched alkanes of at least 4 members (excludes halogenated alkanes) is 9. The Kier molecular flexibility index (Phi) is 15.7. The topological polar surface area (TPSA) is 52.6 Å². The van der Waals surface area contributed by atoms with Crippen LogP contribution in [0.3, 0.4) is 0 Å². The van der Waals surface area contributed by atoms with Gasteiger partial charge in [0.1, 0.15) is 12.2 Å². The van der Waals surface area contributed by atoms with Crippen LogP contribution in [0.2, 0.25) is 0 Å². The summed E-state index contributed by atoms with van der Waals surface area (Å²) in [5, 5.41) is 0. The number of esters is 2. The number of rotatable bonds is 16. The Morgan fingerprint density at radius 2 is 0.920 bits per heavy atom. The summed E-state index contributed by atoms with van der Waals surface area (Å²) in [6, 6.07) is 0. The fraction of sp³-hybridized carbons (Fsp3) is 0.905. The molecule has 0 fully saturated rings. The van der Waals surface area contributed by atoms with Crippen LogP contribution in [0.15, 0.2) is 0 Å². The van der Waals surface area contributed by atoms with Gasteiger partial charge in [-0.2, -0.15) is 0 Å². The molecule has 4 nitrogen and oxygen atoms in total. The van der Waals surface area contributed by atoms with Gasteiger partial charge >= 0.3 is 11.9 Å². The van der Waals surface area contributed by atoms with E-state index in [1.165, 1.54) is 38.5 Å². The molecule has 2 atom stereocenters. The monoisotopic (exact) mass is 356 g/mol. The van der Waals surface area contributed by atoms with Crippen LogP contribution >= 0.6 is 0 Å². The zero-order chi connectivity index (χ0) is 18.9. The third-order valence-corrected chi connectivity index (χ3v) is 4.51. The first-order valence-corrected chi connectivity index (χ1v) is 10.4. The summed E-state index contributed by atoms with van der Waals surface area (Å²) in [4.78, 5) is 23.6. The van der Waals surface area contributed by atoms with E-state index < -0.39 is 12.2 Å². The molecule has 0 spiro atoms. The normalized spacial score (nSPS) is 13.3. The lowest BCUT2D eigenvalue weighted by atomic mass is 10.1. The molecule has 0 bridgehead atoms. The molecule has 0 saturated carbocycles. The Balaban J connectivity index is 3.70. The first-order chi connectivity index (χ1) is 12.0. The Hall–Kier alpha value is -1.06. The Bertz CT molecular complexity index is 341. The second-order valence-corrected chi connectivity index (χ2v) is 7.07. The minimum absolute atomic E-state index is 0.188. The second-order valence-electron chi connectivity index (χ2n) is 7.07. The molecule has 0 amide bonds. The molecule has 148 valence electrons. The number of carbonyl (C=O) groups excluding carboxylic acids is 2. The van der Waals surface area contributed by atoms with Gasteiger partial charge in [0.25, 0.3) is 0 Å². The third kappa shape index (κ3) is 14.9. The summed E-state index contributed by atoms with van der Waals surface area (Å²) in [5.74, 6) is -0.390. The maximum Gasteiger partial charge on any atom is 0.306 e. The van der Waals surface area contributed by atoms with E-state index in [2.05, 4.69) is 13.8 Å². The molecular formula is C21H40O4. The van der Waals surface area contributed by atoms with Crippen LogP contribution in [-0.4, -0.2) is 24.1 Å². The Morgan fingerprint density at radius 1 is 0.600 bits per heavy atom. The average molecular weight is 357 g/mol. The molecule has 0 radical (unpaired) electrons. The van der Waals surface area contributed by atoms with E-state index in [4.69, 9.17) is 9.47 Å². The summed E-state index contributed by atoms with van der Waals surface area (Å²) in [6.07, 6.45) is 12.7. The fourth-order valence-electron chi connectivity index (χ4n) is 2.65. The van der Waals surface area contributed by atoms with Crippen LogP contribution in [0.5, 0.6) is 0 Å². The van der Waals surface area contributed by atoms with Crippen molar-refractivity contribution in [3.05, 3.63) is 0 Å². The highest BCUT2D eigenvalue weighted by Gasteiger charge is 2.20. The van der Waals surface area contributed by atoms with Crippen molar-refractivity contribution in [2.24, 2.45) is 0 Å². The van der Waals surface area contributed by atoms with Crippen molar-refractivity contribution in [1.29, 1.82) is 0 Å². The number of hydrogen-bond acceptors (Lipinski definition) is 4. The van der Waals surface area contributed by atoms with Gasteiger partial charge in [0.2, 0.25) is 0 Å². The lowest BCUT2D eigenvalue weighted by Gasteiger charge is -2.20. The van der Waals surface area contributed by atoms with Gasteiger partial charge in [-0.3, -0.25) is 9.59 Å². The van der Waals surface area contributed by atoms with Crippen molar-refractivity contribution in [2.75, 3.05) is 0 Å². The summed E-state index contributed by atoms with van der Waals surface area (Å²) in [5.41, 5.74) is 0. The van der Waals surface area contributed by atoms with Crippen molar-refractivity contribution < 1.29 is 19.1 Å². The quantitative estimate of drug-likeness (QED) is 0.253. The maximum absolute atomic E-state index is 11.9. The van der Waals surface area contributed by atoms with Gasteiger partial charge in [0, 0.05) is 12.8 Å². The minimum Gasteiger partial charge on any atom is -0.459 e. The van der Waals surface area contributed by atoms with Crippen LogP contribution in [0.4, 0.5) is 0 Å². The second kappa shape index (κ2) is 16.4. The zero-order valence-corrected chi connectivity index (χ0v) is 17.0. The Labute approximate surface area is 155 Å². The van der Waals surface area contributed by atoms with Crippen molar-refractivity contribution in [1.82, 2.24) is 0 Å². The summed E-state index contributed by atoms with van der Waals surface area (Å²) < 4.78 is 10.7. The van der Waals surface area contributed by atoms with Crippen LogP contribution in [0.25, 0.3) is 0 Å². The molecule has 0 saturated heterocycles. The summed E-state index contributed by atoms with van der Waals surface area (Å²) >= 11 is 0. The van der Waals surface area contributed by atoms with Crippen LogP contribution in [-0.2, 0) is 19.1 Å². The summed E-state index contributed by atoms with van der Waals surface area (Å²) in [6.45, 7) is 7.89. The molecule has 0 aromatic carbocycles. The SMILES string of the molecule is CCCCCCCCCCC(=O)OC(C)C(C)OC(=O)CCCCC. The van der Waals surface area contributed by atoms with Crippen molar-refractivity contribution in [3.8, 4) is 0 Å². The van der Waals surface area contributed by atoms with Gasteiger partial charge in [0.15, 0.2) is 0 Å². The summed E-state index contributed by atoms with van der Waals surface area (Å²) in [7, 11) is 0. The highest BCUT2D eigenvalue weighted by atomic mass is 16.6. The van der Waals surface area contributed by atoms with E-state index >= 15 is 0 Å². The van der Waals surface area contributed by atoms with Gasteiger partial charge < -0.3 is 9.47 Å². The van der Waals surface area contributed by atoms with E-state index in [1.54, 1.807) is 13.8 Å². The largest absolute Gasteiger partial charge is 0.459 e. The lowest BCUT2D eigenvalue weighted by molar-refractivity contribution is -0.165. The number of hydrogen-bond donors (Lipinski definition) is 0. The van der Waals surface area contributed by atoms with Gasteiger partial charge in [-0.05, 0) is 26.7 Å². The average Bonchev–Trinajstić information content (AvgIpc) is 2.57. The fourth-order valence-corrected chi connectivity index (χ4v) is 2.65. The van der Waals surface area contributed by atoms with Crippen LogP contribution in [0, 0.1) is 0 Å². The van der Waals surface area contributed by atoms with Gasteiger partial charge in [-0.15, -0.1) is 0 Å². The smallest absolute Gasteiger partial charge is 0.306 e. The standard InChI is InChI=1S/C21H40O4/c1-5-7-9-10-11-12-13-15-17-21(23)25-19(4)18(3)24-20(22)16-14-8-6-2/h18-19H,5-17H2,1-4H3. The molecule has 0 aliphatic carbocycles. The number of ether oxygens (including phenoxy) is 2. The van der Waals surface area contributed by atoms with E-state index in [0.29, 0.717) is 12.8 Å². The van der Waals surface area contributed by atoms with E-state index in [0.717, 1.165) is 32.1 Å². The lowest BCUT2D eigenvalue weighted by Crippen LogP contribution is -2.30. The molecule has 25 heavy (non-hydrogen) atoms. The molecule has 2 unspecified atom stereocenters. The molecule has 0 rings (SSSR count). The predicted molar refractivity (Wildman–Crippen MR) is 102 cm³/mol. The first-order valence-electron chi connectivity index (χ1n) is 10.4. The molecule has 0 heterocycles. The van der Waals surface area contributed by atoms with E-state index in [-0.39, 0.29) is 11.9 Å². The third-order valence-electron chi connectivity index (χ3n) is 4.51. The molecular weight excluding hydrogens is 316 g/mol. The van der Waals surface area contributed by atoms with Crippen molar-refractivity contribution in [2.45, 2.75) is 123 Å². The molecule has 4 heteroatoms. The first kappa shape index (κ1) is 23.9. The molecule has 0 aliphatic rings. The molecule has 0 aromatic heterocycles. The van der Waals surface area contributed by atoms with Gasteiger partial charge in [-0.25, -0.2) is 0 Å². The van der Waals surface area contributed by atoms with Crippen molar-refractivity contribution >= 4 is 11.9 Å². The minimum atomic E-state index is -0.392. The molecule has 0 aliphatic heterocycles. The number of carbonyl (C=O) groups is 2. The van der Waals surface area contributed by atoms with Crippen LogP contribution < -0.4 is 0 Å². The highest BCUT2D eigenvalue weighted by molar-refractivity contribution is 5.70. The molecule has 0 N–H and O–H groups in total. The highest BCUT2D eigenvalue weighted by Crippen LogP contribution is 2.12. The van der Waals surface area contributed by atoms with E-state index in [1.807, 2.05) is 0 Å². The maximum atomic E-state index is 11.9.